The van der Waals surface area contributed by atoms with E-state index in [2.05, 4.69) is 0 Å². The van der Waals surface area contributed by atoms with Gasteiger partial charge in [-0.2, -0.15) is 0 Å². The Labute approximate surface area is 119 Å². The molecule has 3 nitrogen and oxygen atoms in total. The molecule has 0 amide bonds. The zero-order chi connectivity index (χ0) is 14.4. The van der Waals surface area contributed by atoms with Gasteiger partial charge in [-0.25, -0.2) is 0 Å². The second-order valence-corrected chi connectivity index (χ2v) is 4.22. The SMILES string of the molecule is COc1ccc(/C=C\c2ccc(OC)c(OC)c2)cc1. The fourth-order valence-corrected chi connectivity index (χ4v) is 1.86. The van der Waals surface area contributed by atoms with E-state index < -0.39 is 0 Å². The summed E-state index contributed by atoms with van der Waals surface area (Å²) in [6, 6.07) is 13.7. The van der Waals surface area contributed by atoms with Gasteiger partial charge >= 0.3 is 0 Å². The lowest BCUT2D eigenvalue weighted by Gasteiger charge is -2.07. The van der Waals surface area contributed by atoms with Crippen molar-refractivity contribution in [1.82, 2.24) is 0 Å². The van der Waals surface area contributed by atoms with Crippen LogP contribution in [0.25, 0.3) is 12.2 Å². The highest BCUT2D eigenvalue weighted by Crippen LogP contribution is 2.28. The molecule has 0 aliphatic carbocycles. The monoisotopic (exact) mass is 270 g/mol. The zero-order valence-electron chi connectivity index (χ0n) is 11.9. The van der Waals surface area contributed by atoms with E-state index in [0.717, 1.165) is 28.4 Å². The number of hydrogen-bond donors (Lipinski definition) is 0. The van der Waals surface area contributed by atoms with Gasteiger partial charge in [-0.3, -0.25) is 0 Å². The van der Waals surface area contributed by atoms with Crippen molar-refractivity contribution in [3.8, 4) is 17.2 Å². The molecule has 3 heteroatoms. The van der Waals surface area contributed by atoms with Gasteiger partial charge in [-0.15, -0.1) is 0 Å². The summed E-state index contributed by atoms with van der Waals surface area (Å²) in [4.78, 5) is 0. The van der Waals surface area contributed by atoms with Crippen molar-refractivity contribution in [3.05, 3.63) is 53.6 Å². The van der Waals surface area contributed by atoms with Gasteiger partial charge in [0.2, 0.25) is 0 Å². The standard InChI is InChI=1S/C17H18O3/c1-18-15-9-6-13(7-10-15)4-5-14-8-11-16(19-2)17(12-14)20-3/h4-12H,1-3H3/b5-4-. The van der Waals surface area contributed by atoms with Crippen molar-refractivity contribution in [2.75, 3.05) is 21.3 Å². The lowest BCUT2D eigenvalue weighted by Crippen LogP contribution is -1.90. The molecule has 0 spiro atoms. The molecule has 0 fully saturated rings. The van der Waals surface area contributed by atoms with Crippen LogP contribution in [0.2, 0.25) is 0 Å². The van der Waals surface area contributed by atoms with Crippen LogP contribution in [0.5, 0.6) is 17.2 Å². The van der Waals surface area contributed by atoms with Crippen LogP contribution >= 0.6 is 0 Å². The normalized spacial score (nSPS) is 10.6. The molecule has 0 unspecified atom stereocenters. The summed E-state index contributed by atoms with van der Waals surface area (Å²) in [6.45, 7) is 0. The Balaban J connectivity index is 2.17. The van der Waals surface area contributed by atoms with Crippen LogP contribution in [0, 0.1) is 0 Å². The lowest BCUT2D eigenvalue weighted by molar-refractivity contribution is 0.355. The van der Waals surface area contributed by atoms with E-state index >= 15 is 0 Å². The minimum absolute atomic E-state index is 0.726. The molecule has 104 valence electrons. The summed E-state index contributed by atoms with van der Waals surface area (Å²) >= 11 is 0. The molecule has 2 aromatic carbocycles. The van der Waals surface area contributed by atoms with Gasteiger partial charge in [0, 0.05) is 0 Å². The van der Waals surface area contributed by atoms with E-state index in [0.29, 0.717) is 0 Å². The lowest BCUT2D eigenvalue weighted by atomic mass is 10.1. The molecular weight excluding hydrogens is 252 g/mol. The van der Waals surface area contributed by atoms with Gasteiger partial charge in [-0.1, -0.05) is 30.4 Å². The minimum atomic E-state index is 0.726. The third-order valence-electron chi connectivity index (χ3n) is 2.99. The van der Waals surface area contributed by atoms with Crippen LogP contribution in [0.15, 0.2) is 42.5 Å². The van der Waals surface area contributed by atoms with E-state index in [1.807, 2.05) is 54.6 Å². The molecule has 0 radical (unpaired) electrons. The van der Waals surface area contributed by atoms with E-state index in [9.17, 15) is 0 Å². The molecule has 0 saturated heterocycles. The third kappa shape index (κ3) is 3.32. The molecule has 0 N–H and O–H groups in total. The maximum absolute atomic E-state index is 5.28. The minimum Gasteiger partial charge on any atom is -0.497 e. The Kier molecular flexibility index (Phi) is 4.66. The van der Waals surface area contributed by atoms with Gasteiger partial charge < -0.3 is 14.2 Å². The molecule has 0 aromatic heterocycles. The number of ether oxygens (including phenoxy) is 3. The largest absolute Gasteiger partial charge is 0.497 e. The fraction of sp³-hybridized carbons (Fsp3) is 0.176. The average molecular weight is 270 g/mol. The van der Waals surface area contributed by atoms with Crippen molar-refractivity contribution in [2.24, 2.45) is 0 Å². The smallest absolute Gasteiger partial charge is 0.161 e. The highest BCUT2D eigenvalue weighted by Gasteiger charge is 2.02. The maximum Gasteiger partial charge on any atom is 0.161 e. The van der Waals surface area contributed by atoms with Crippen molar-refractivity contribution in [3.63, 3.8) is 0 Å². The van der Waals surface area contributed by atoms with Gasteiger partial charge in [-0.05, 0) is 35.4 Å². The maximum atomic E-state index is 5.28. The Hall–Kier alpha value is -2.42. The quantitative estimate of drug-likeness (QED) is 0.772. The second kappa shape index (κ2) is 6.66. The van der Waals surface area contributed by atoms with Crippen LogP contribution in [-0.4, -0.2) is 21.3 Å². The summed E-state index contributed by atoms with van der Waals surface area (Å²) in [5.41, 5.74) is 2.17. The Morgan fingerprint density at radius 2 is 1.25 bits per heavy atom. The zero-order valence-corrected chi connectivity index (χ0v) is 11.9. The number of benzene rings is 2. The molecule has 2 rings (SSSR count). The Morgan fingerprint density at radius 3 is 1.85 bits per heavy atom. The summed E-state index contributed by atoms with van der Waals surface area (Å²) in [6.07, 6.45) is 4.07. The summed E-state index contributed by atoms with van der Waals surface area (Å²) in [7, 11) is 4.92. The van der Waals surface area contributed by atoms with Crippen molar-refractivity contribution in [1.29, 1.82) is 0 Å². The molecule has 0 atom stereocenters. The van der Waals surface area contributed by atoms with E-state index in [4.69, 9.17) is 14.2 Å². The topological polar surface area (TPSA) is 27.7 Å². The Bertz CT molecular complexity index is 586. The van der Waals surface area contributed by atoms with Crippen molar-refractivity contribution < 1.29 is 14.2 Å². The molecule has 20 heavy (non-hydrogen) atoms. The fourth-order valence-electron chi connectivity index (χ4n) is 1.86. The number of methoxy groups -OCH3 is 3. The van der Waals surface area contributed by atoms with Crippen molar-refractivity contribution >= 4 is 12.2 Å². The highest BCUT2D eigenvalue weighted by atomic mass is 16.5. The molecule has 0 bridgehead atoms. The molecule has 0 aliphatic rings. The first kappa shape index (κ1) is 14.0. The highest BCUT2D eigenvalue weighted by molar-refractivity contribution is 5.71. The van der Waals surface area contributed by atoms with Gasteiger partial charge in [0.1, 0.15) is 5.75 Å². The van der Waals surface area contributed by atoms with Crippen molar-refractivity contribution in [2.45, 2.75) is 0 Å². The first-order chi connectivity index (χ1) is 9.76. The predicted octanol–water partition coefficient (Wildman–Crippen LogP) is 3.88. The first-order valence-electron chi connectivity index (χ1n) is 6.31. The summed E-state index contributed by atoms with van der Waals surface area (Å²) in [5.74, 6) is 2.31. The van der Waals surface area contributed by atoms with Crippen LogP contribution < -0.4 is 14.2 Å². The number of rotatable bonds is 5. The van der Waals surface area contributed by atoms with E-state index in [-0.39, 0.29) is 0 Å². The second-order valence-electron chi connectivity index (χ2n) is 4.22. The van der Waals surface area contributed by atoms with Gasteiger partial charge in [0.25, 0.3) is 0 Å². The average Bonchev–Trinajstić information content (AvgIpc) is 2.53. The first-order valence-corrected chi connectivity index (χ1v) is 6.31. The van der Waals surface area contributed by atoms with Crippen LogP contribution in [0.4, 0.5) is 0 Å². The molecule has 0 saturated carbocycles. The molecule has 0 aliphatic heterocycles. The molecule has 0 heterocycles. The van der Waals surface area contributed by atoms with Crippen LogP contribution in [-0.2, 0) is 0 Å². The van der Waals surface area contributed by atoms with Crippen LogP contribution in [0.1, 0.15) is 11.1 Å². The number of hydrogen-bond acceptors (Lipinski definition) is 3. The summed E-state index contributed by atoms with van der Waals surface area (Å²) in [5, 5.41) is 0. The third-order valence-corrected chi connectivity index (χ3v) is 2.99. The summed E-state index contributed by atoms with van der Waals surface area (Å²) < 4.78 is 15.6. The van der Waals surface area contributed by atoms with Gasteiger partial charge in [0.15, 0.2) is 11.5 Å². The molecule has 2 aromatic rings. The molecular formula is C17H18O3. The predicted molar refractivity (Wildman–Crippen MR) is 81.5 cm³/mol. The Morgan fingerprint density at radius 1 is 0.650 bits per heavy atom. The van der Waals surface area contributed by atoms with Crippen LogP contribution in [0.3, 0.4) is 0 Å². The van der Waals surface area contributed by atoms with E-state index in [1.165, 1.54) is 0 Å². The van der Waals surface area contributed by atoms with Gasteiger partial charge in [0.05, 0.1) is 21.3 Å². The van der Waals surface area contributed by atoms with E-state index in [1.54, 1.807) is 21.3 Å².